The molecule has 0 N–H and O–H groups in total. The first kappa shape index (κ1) is 10.2. The molecule has 0 amide bonds. The molecule has 1 aliphatic carbocycles. The van der Waals surface area contributed by atoms with Crippen molar-refractivity contribution in [2.24, 2.45) is 5.92 Å². The molecule has 0 radical (unpaired) electrons. The first-order valence-electron chi connectivity index (χ1n) is 4.37. The lowest BCUT2D eigenvalue weighted by Crippen LogP contribution is -2.28. The average Bonchev–Trinajstić information content (AvgIpc) is 1.86. The Labute approximate surface area is 89.1 Å². The predicted octanol–water partition coefficient (Wildman–Crippen LogP) is 3.69. The summed E-state index contributed by atoms with van der Waals surface area (Å²) in [4.78, 5) is 0. The first-order valence-corrected chi connectivity index (χ1v) is 5.96. The van der Waals surface area contributed by atoms with E-state index in [1.54, 1.807) is 0 Å². The molecule has 1 rings (SSSR count). The van der Waals surface area contributed by atoms with Gasteiger partial charge in [-0.3, -0.25) is 0 Å². The topological polar surface area (TPSA) is 0 Å². The van der Waals surface area contributed by atoms with Gasteiger partial charge in [0.25, 0.3) is 0 Å². The van der Waals surface area contributed by atoms with Gasteiger partial charge in [-0.2, -0.15) is 12.6 Å². The third kappa shape index (κ3) is 3.13. The number of rotatable bonds is 1. The van der Waals surface area contributed by atoms with Gasteiger partial charge in [-0.05, 0) is 31.6 Å². The Morgan fingerprint density at radius 3 is 2.00 bits per heavy atom. The fraction of sp³-hybridized carbons (Fsp3) is 1.00. The molecule has 0 aromatic heterocycles. The number of thiol groups is 1. The third-order valence-corrected chi connectivity index (χ3v) is 4.06. The van der Waals surface area contributed by atoms with Gasteiger partial charge in [-0.25, -0.2) is 0 Å². The van der Waals surface area contributed by atoms with Crippen LogP contribution in [0.1, 0.15) is 39.5 Å². The highest BCUT2D eigenvalue weighted by Crippen LogP contribution is 2.39. The quantitative estimate of drug-likeness (QED) is 0.424. The normalized spacial score (nSPS) is 33.8. The van der Waals surface area contributed by atoms with Crippen LogP contribution in [-0.2, 0) is 0 Å². The van der Waals surface area contributed by atoms with Crippen LogP contribution in [0.15, 0.2) is 0 Å². The molecular formula is C9H17IS. The molecule has 1 fully saturated rings. The number of halogens is 1. The molecule has 0 saturated heterocycles. The Hall–Kier alpha value is 1.08. The zero-order chi connectivity index (χ0) is 8.48. The van der Waals surface area contributed by atoms with E-state index in [-0.39, 0.29) is 0 Å². The fourth-order valence-electron chi connectivity index (χ4n) is 1.76. The van der Waals surface area contributed by atoms with Crippen molar-refractivity contribution in [1.82, 2.24) is 0 Å². The van der Waals surface area contributed by atoms with Crippen molar-refractivity contribution in [3.8, 4) is 0 Å². The first-order chi connectivity index (χ1) is 5.00. The second-order valence-electron chi connectivity index (χ2n) is 4.07. The van der Waals surface area contributed by atoms with Crippen molar-refractivity contribution in [3.05, 3.63) is 0 Å². The van der Waals surface area contributed by atoms with Gasteiger partial charge < -0.3 is 0 Å². The predicted molar refractivity (Wildman–Crippen MR) is 62.8 cm³/mol. The van der Waals surface area contributed by atoms with Crippen LogP contribution in [0.3, 0.4) is 0 Å². The molecule has 0 aliphatic heterocycles. The standard InChI is InChI=1S/C9H17IS/c1-9(2,10)7-3-5-8(11)6-4-7/h7-8,11H,3-6H2,1-2H3. The monoisotopic (exact) mass is 284 g/mol. The SMILES string of the molecule is CC(C)(I)C1CCC(S)CC1. The summed E-state index contributed by atoms with van der Waals surface area (Å²) in [5.41, 5.74) is 0. The summed E-state index contributed by atoms with van der Waals surface area (Å²) in [6.07, 6.45) is 5.40. The Morgan fingerprint density at radius 2 is 1.64 bits per heavy atom. The molecule has 0 atom stereocenters. The molecule has 1 saturated carbocycles. The van der Waals surface area contributed by atoms with E-state index in [9.17, 15) is 0 Å². The van der Waals surface area contributed by atoms with Crippen molar-refractivity contribution < 1.29 is 0 Å². The van der Waals surface area contributed by atoms with E-state index in [4.69, 9.17) is 0 Å². The maximum atomic E-state index is 4.50. The van der Waals surface area contributed by atoms with Gasteiger partial charge in [0.05, 0.1) is 0 Å². The maximum Gasteiger partial charge on any atom is 0.0194 e. The van der Waals surface area contributed by atoms with Crippen LogP contribution in [0.25, 0.3) is 0 Å². The van der Waals surface area contributed by atoms with Crippen molar-refractivity contribution in [3.63, 3.8) is 0 Å². The van der Waals surface area contributed by atoms with Crippen LogP contribution in [0.4, 0.5) is 0 Å². The van der Waals surface area contributed by atoms with E-state index in [0.717, 1.165) is 5.92 Å². The Kier molecular flexibility index (Phi) is 3.57. The molecular weight excluding hydrogens is 267 g/mol. The summed E-state index contributed by atoms with van der Waals surface area (Å²) in [7, 11) is 0. The number of alkyl halides is 1. The minimum Gasteiger partial charge on any atom is -0.176 e. The van der Waals surface area contributed by atoms with Crippen LogP contribution in [0.2, 0.25) is 0 Å². The van der Waals surface area contributed by atoms with E-state index in [1.165, 1.54) is 25.7 Å². The molecule has 0 aromatic carbocycles. The van der Waals surface area contributed by atoms with Crippen LogP contribution in [0, 0.1) is 5.92 Å². The van der Waals surface area contributed by atoms with Crippen molar-refractivity contribution in [2.75, 3.05) is 0 Å². The third-order valence-electron chi connectivity index (χ3n) is 2.67. The Balaban J connectivity index is 2.39. The highest BCUT2D eigenvalue weighted by molar-refractivity contribution is 14.1. The summed E-state index contributed by atoms with van der Waals surface area (Å²) < 4.78 is 0.492. The second-order valence-corrected chi connectivity index (χ2v) is 7.58. The fourth-order valence-corrected chi connectivity index (χ4v) is 2.68. The summed E-state index contributed by atoms with van der Waals surface area (Å²) >= 11 is 7.07. The van der Waals surface area contributed by atoms with E-state index >= 15 is 0 Å². The Morgan fingerprint density at radius 1 is 1.18 bits per heavy atom. The number of hydrogen-bond donors (Lipinski definition) is 1. The molecule has 2 heteroatoms. The van der Waals surface area contributed by atoms with E-state index < -0.39 is 0 Å². The largest absolute Gasteiger partial charge is 0.176 e. The molecule has 0 spiro atoms. The molecule has 0 bridgehead atoms. The zero-order valence-electron chi connectivity index (χ0n) is 7.31. The highest BCUT2D eigenvalue weighted by Gasteiger charge is 2.29. The van der Waals surface area contributed by atoms with Gasteiger partial charge in [-0.1, -0.05) is 36.4 Å². The maximum absolute atomic E-state index is 4.50. The molecule has 66 valence electrons. The van der Waals surface area contributed by atoms with Crippen molar-refractivity contribution >= 4 is 35.2 Å². The molecule has 0 heterocycles. The van der Waals surface area contributed by atoms with Crippen LogP contribution >= 0.6 is 35.2 Å². The highest BCUT2D eigenvalue weighted by atomic mass is 127. The molecule has 11 heavy (non-hydrogen) atoms. The minimum atomic E-state index is 0.492. The van der Waals surface area contributed by atoms with Crippen LogP contribution < -0.4 is 0 Å². The van der Waals surface area contributed by atoms with Gasteiger partial charge >= 0.3 is 0 Å². The Bertz CT molecular complexity index is 120. The smallest absolute Gasteiger partial charge is 0.0194 e. The lowest BCUT2D eigenvalue weighted by Gasteiger charge is -2.34. The van der Waals surface area contributed by atoms with Gasteiger partial charge in [0.2, 0.25) is 0 Å². The van der Waals surface area contributed by atoms with Gasteiger partial charge in [-0.15, -0.1) is 0 Å². The molecule has 0 nitrogen and oxygen atoms in total. The average molecular weight is 284 g/mol. The second kappa shape index (κ2) is 3.86. The van der Waals surface area contributed by atoms with Crippen molar-refractivity contribution in [2.45, 2.75) is 48.2 Å². The summed E-state index contributed by atoms with van der Waals surface area (Å²) in [6, 6.07) is 0. The lowest BCUT2D eigenvalue weighted by molar-refractivity contribution is 0.320. The van der Waals surface area contributed by atoms with E-state index in [1.807, 2.05) is 0 Å². The molecule has 0 aromatic rings. The lowest BCUT2D eigenvalue weighted by atomic mass is 9.81. The van der Waals surface area contributed by atoms with Crippen LogP contribution in [-0.4, -0.2) is 8.67 Å². The van der Waals surface area contributed by atoms with Gasteiger partial charge in [0, 0.05) is 8.67 Å². The minimum absolute atomic E-state index is 0.492. The summed E-state index contributed by atoms with van der Waals surface area (Å²) in [6.45, 7) is 4.69. The van der Waals surface area contributed by atoms with E-state index in [2.05, 4.69) is 49.1 Å². The van der Waals surface area contributed by atoms with Gasteiger partial charge in [0.15, 0.2) is 0 Å². The van der Waals surface area contributed by atoms with Crippen molar-refractivity contribution in [1.29, 1.82) is 0 Å². The summed E-state index contributed by atoms with van der Waals surface area (Å²) in [5, 5.41) is 0.685. The molecule has 0 unspecified atom stereocenters. The molecule has 1 aliphatic rings. The van der Waals surface area contributed by atoms with E-state index in [0.29, 0.717) is 8.67 Å². The van der Waals surface area contributed by atoms with Crippen LogP contribution in [0.5, 0.6) is 0 Å². The van der Waals surface area contributed by atoms with Gasteiger partial charge in [0.1, 0.15) is 0 Å². The number of hydrogen-bond acceptors (Lipinski definition) is 1. The summed E-state index contributed by atoms with van der Waals surface area (Å²) in [5.74, 6) is 0.923. The zero-order valence-corrected chi connectivity index (χ0v) is 10.4.